The molecule has 2 unspecified atom stereocenters. The SMILES string of the molecule is CCOC1C(=O)CC1Oc1ccc(CC)cc1[N+](=O)[O-]. The minimum Gasteiger partial charge on any atom is -0.480 e. The third kappa shape index (κ3) is 2.80. The van der Waals surface area contributed by atoms with E-state index < -0.39 is 17.1 Å². The molecule has 0 saturated heterocycles. The number of rotatable bonds is 6. The summed E-state index contributed by atoms with van der Waals surface area (Å²) in [7, 11) is 0. The van der Waals surface area contributed by atoms with Crippen LogP contribution >= 0.6 is 0 Å². The van der Waals surface area contributed by atoms with E-state index >= 15 is 0 Å². The summed E-state index contributed by atoms with van der Waals surface area (Å²) in [5.74, 6) is 0.166. The van der Waals surface area contributed by atoms with Gasteiger partial charge in [0.25, 0.3) is 0 Å². The Bertz CT molecular complexity index is 528. The Morgan fingerprint density at radius 2 is 2.15 bits per heavy atom. The fraction of sp³-hybridized carbons (Fsp3) is 0.500. The molecule has 0 amide bonds. The van der Waals surface area contributed by atoms with Gasteiger partial charge in [-0.2, -0.15) is 0 Å². The van der Waals surface area contributed by atoms with Gasteiger partial charge in [0.1, 0.15) is 6.10 Å². The third-order valence-electron chi connectivity index (χ3n) is 3.31. The van der Waals surface area contributed by atoms with Crippen LogP contribution in [0, 0.1) is 10.1 Å². The van der Waals surface area contributed by atoms with Gasteiger partial charge in [0.05, 0.1) is 4.92 Å². The van der Waals surface area contributed by atoms with Gasteiger partial charge in [-0.15, -0.1) is 0 Å². The molecular weight excluding hydrogens is 262 g/mol. The van der Waals surface area contributed by atoms with E-state index in [4.69, 9.17) is 9.47 Å². The number of carbonyl (C=O) groups is 1. The van der Waals surface area contributed by atoms with E-state index in [0.717, 1.165) is 5.56 Å². The van der Waals surface area contributed by atoms with Crippen molar-refractivity contribution in [3.63, 3.8) is 0 Å². The molecule has 1 aromatic rings. The first kappa shape index (κ1) is 14.5. The standard InChI is InChI=1S/C14H17NO5/c1-3-9-5-6-12(10(7-9)15(17)18)20-13-8-11(16)14(13)19-4-2/h5-7,13-14H,3-4,8H2,1-2H3. The molecule has 0 spiro atoms. The molecule has 0 N–H and O–H groups in total. The van der Waals surface area contributed by atoms with Crippen LogP contribution in [0.5, 0.6) is 5.75 Å². The van der Waals surface area contributed by atoms with E-state index in [1.54, 1.807) is 19.1 Å². The number of Topliss-reactive ketones (excluding diaryl/α,β-unsaturated/α-hetero) is 1. The highest BCUT2D eigenvalue weighted by atomic mass is 16.6. The first-order chi connectivity index (χ1) is 9.56. The van der Waals surface area contributed by atoms with E-state index in [2.05, 4.69) is 0 Å². The number of ether oxygens (including phenoxy) is 2. The zero-order valence-electron chi connectivity index (χ0n) is 11.5. The summed E-state index contributed by atoms with van der Waals surface area (Å²) < 4.78 is 10.9. The molecule has 0 bridgehead atoms. The van der Waals surface area contributed by atoms with Crippen LogP contribution in [0.15, 0.2) is 18.2 Å². The molecule has 1 fully saturated rings. The van der Waals surface area contributed by atoms with E-state index in [0.29, 0.717) is 13.0 Å². The molecule has 0 heterocycles. The molecule has 6 heteroatoms. The smallest absolute Gasteiger partial charge is 0.311 e. The van der Waals surface area contributed by atoms with Crippen molar-refractivity contribution in [1.29, 1.82) is 0 Å². The summed E-state index contributed by atoms with van der Waals surface area (Å²) in [6.45, 7) is 4.13. The molecule has 2 atom stereocenters. The van der Waals surface area contributed by atoms with Crippen molar-refractivity contribution in [2.45, 2.75) is 38.9 Å². The van der Waals surface area contributed by atoms with Gasteiger partial charge >= 0.3 is 5.69 Å². The van der Waals surface area contributed by atoms with Gasteiger partial charge in [0.15, 0.2) is 17.6 Å². The quantitative estimate of drug-likeness (QED) is 0.589. The first-order valence-electron chi connectivity index (χ1n) is 6.65. The predicted octanol–water partition coefficient (Wildman–Crippen LogP) is 2.28. The summed E-state index contributed by atoms with van der Waals surface area (Å²) in [6.07, 6.45) is -0.0961. The monoisotopic (exact) mass is 279 g/mol. The van der Waals surface area contributed by atoms with Gasteiger partial charge in [-0.05, 0) is 25.0 Å². The second kappa shape index (κ2) is 6.00. The zero-order valence-corrected chi connectivity index (χ0v) is 11.5. The van der Waals surface area contributed by atoms with Crippen LogP contribution in [0.2, 0.25) is 0 Å². The van der Waals surface area contributed by atoms with Crippen LogP contribution < -0.4 is 4.74 Å². The average molecular weight is 279 g/mol. The first-order valence-corrected chi connectivity index (χ1v) is 6.65. The number of nitro groups is 1. The van der Waals surface area contributed by atoms with E-state index in [-0.39, 0.29) is 23.6 Å². The van der Waals surface area contributed by atoms with Crippen molar-refractivity contribution in [1.82, 2.24) is 0 Å². The molecule has 0 aliphatic heterocycles. The minimum absolute atomic E-state index is 0.0234. The van der Waals surface area contributed by atoms with Crippen LogP contribution in [-0.4, -0.2) is 29.5 Å². The lowest BCUT2D eigenvalue weighted by atomic mass is 9.90. The molecule has 0 radical (unpaired) electrons. The number of carbonyl (C=O) groups excluding carboxylic acids is 1. The lowest BCUT2D eigenvalue weighted by Gasteiger charge is -2.34. The fourth-order valence-electron chi connectivity index (χ4n) is 2.14. The van der Waals surface area contributed by atoms with Crippen LogP contribution in [0.4, 0.5) is 5.69 Å². The third-order valence-corrected chi connectivity index (χ3v) is 3.31. The predicted molar refractivity (Wildman–Crippen MR) is 71.9 cm³/mol. The molecular formula is C14H17NO5. The Hall–Kier alpha value is -1.95. The summed E-state index contributed by atoms with van der Waals surface area (Å²) >= 11 is 0. The lowest BCUT2D eigenvalue weighted by Crippen LogP contribution is -2.52. The van der Waals surface area contributed by atoms with Crippen molar-refractivity contribution >= 4 is 11.5 Å². The average Bonchev–Trinajstić information content (AvgIpc) is 2.44. The van der Waals surface area contributed by atoms with Crippen molar-refractivity contribution in [2.75, 3.05) is 6.61 Å². The number of nitro benzene ring substituents is 1. The van der Waals surface area contributed by atoms with E-state index in [1.165, 1.54) is 6.07 Å². The second-order valence-corrected chi connectivity index (χ2v) is 4.62. The Kier molecular flexibility index (Phi) is 4.34. The maximum Gasteiger partial charge on any atom is 0.311 e. The lowest BCUT2D eigenvalue weighted by molar-refractivity contribution is -0.386. The van der Waals surface area contributed by atoms with Crippen LogP contribution in [0.3, 0.4) is 0 Å². The van der Waals surface area contributed by atoms with Gasteiger partial charge in [0.2, 0.25) is 0 Å². The number of benzene rings is 1. The summed E-state index contributed by atoms with van der Waals surface area (Å²) in [5.41, 5.74) is 0.800. The van der Waals surface area contributed by atoms with Crippen molar-refractivity contribution < 1.29 is 19.2 Å². The van der Waals surface area contributed by atoms with Gasteiger partial charge in [-0.1, -0.05) is 13.0 Å². The Labute approximate surface area is 116 Å². The second-order valence-electron chi connectivity index (χ2n) is 4.62. The molecule has 1 aliphatic carbocycles. The molecule has 1 saturated carbocycles. The highest BCUT2D eigenvalue weighted by molar-refractivity contribution is 5.90. The van der Waals surface area contributed by atoms with Crippen molar-refractivity contribution in [2.24, 2.45) is 0 Å². The number of aryl methyl sites for hydroxylation is 1. The molecule has 108 valence electrons. The Balaban J connectivity index is 2.17. The topological polar surface area (TPSA) is 78.7 Å². The van der Waals surface area contributed by atoms with Crippen LogP contribution in [-0.2, 0) is 16.0 Å². The highest BCUT2D eigenvalue weighted by Gasteiger charge is 2.43. The summed E-state index contributed by atoms with van der Waals surface area (Å²) in [6, 6.07) is 4.88. The highest BCUT2D eigenvalue weighted by Crippen LogP contribution is 2.33. The minimum atomic E-state index is -0.606. The van der Waals surface area contributed by atoms with Gasteiger partial charge in [-0.25, -0.2) is 0 Å². The number of ketones is 1. The van der Waals surface area contributed by atoms with E-state index in [1.807, 2.05) is 6.92 Å². The van der Waals surface area contributed by atoms with Crippen molar-refractivity contribution in [3.05, 3.63) is 33.9 Å². The number of hydrogen-bond donors (Lipinski definition) is 0. The van der Waals surface area contributed by atoms with Crippen LogP contribution in [0.1, 0.15) is 25.8 Å². The van der Waals surface area contributed by atoms with Gasteiger partial charge < -0.3 is 9.47 Å². The molecule has 1 aromatic carbocycles. The van der Waals surface area contributed by atoms with Crippen molar-refractivity contribution in [3.8, 4) is 5.75 Å². The van der Waals surface area contributed by atoms with Gasteiger partial charge in [-0.3, -0.25) is 14.9 Å². The molecule has 2 rings (SSSR count). The maximum absolute atomic E-state index is 11.4. The Morgan fingerprint density at radius 3 is 2.70 bits per heavy atom. The summed E-state index contributed by atoms with van der Waals surface area (Å²) in [4.78, 5) is 22.0. The Morgan fingerprint density at radius 1 is 1.40 bits per heavy atom. The molecule has 20 heavy (non-hydrogen) atoms. The van der Waals surface area contributed by atoms with E-state index in [9.17, 15) is 14.9 Å². The maximum atomic E-state index is 11.4. The number of nitrogens with zero attached hydrogens (tertiary/aromatic N) is 1. The fourth-order valence-corrected chi connectivity index (χ4v) is 2.14. The number of hydrogen-bond acceptors (Lipinski definition) is 5. The summed E-state index contributed by atoms with van der Waals surface area (Å²) in [5, 5.41) is 11.1. The normalized spacial score (nSPS) is 21.4. The van der Waals surface area contributed by atoms with Gasteiger partial charge in [0, 0.05) is 19.1 Å². The zero-order chi connectivity index (χ0) is 14.7. The molecule has 0 aromatic heterocycles. The van der Waals surface area contributed by atoms with Crippen LogP contribution in [0.25, 0.3) is 0 Å². The molecule has 1 aliphatic rings. The largest absolute Gasteiger partial charge is 0.480 e. The molecule has 6 nitrogen and oxygen atoms in total.